The van der Waals surface area contributed by atoms with Gasteiger partial charge in [0.15, 0.2) is 0 Å². The first-order valence-corrected chi connectivity index (χ1v) is 22.1. The van der Waals surface area contributed by atoms with Crippen LogP contribution in [0.3, 0.4) is 0 Å². The van der Waals surface area contributed by atoms with E-state index in [2.05, 4.69) is 170 Å². The van der Waals surface area contributed by atoms with Gasteiger partial charge in [0.25, 0.3) is 0 Å². The van der Waals surface area contributed by atoms with E-state index in [1.54, 1.807) is 0 Å². The molecule has 0 saturated carbocycles. The van der Waals surface area contributed by atoms with Crippen LogP contribution in [0, 0.1) is 0 Å². The molecule has 0 aliphatic heterocycles. The zero-order chi connectivity index (χ0) is 41.2. The first-order chi connectivity index (χ1) is 31.2. The lowest BCUT2D eigenvalue weighted by molar-refractivity contribution is 1.37. The predicted octanol–water partition coefficient (Wildman–Crippen LogP) is 15.9. The van der Waals surface area contributed by atoms with Crippen molar-refractivity contribution in [2.24, 2.45) is 0 Å². The van der Waals surface area contributed by atoms with Crippen LogP contribution in [0.5, 0.6) is 0 Å². The lowest BCUT2D eigenvalue weighted by Crippen LogP contribution is -1.91. The average molecular weight is 817 g/mol. The monoisotopic (exact) mass is 816 g/mol. The van der Waals surface area contributed by atoms with E-state index in [0.29, 0.717) is 0 Å². The highest BCUT2D eigenvalue weighted by atomic mass is 32.1. The molecule has 0 spiro atoms. The van der Waals surface area contributed by atoms with Crippen LogP contribution in [0.2, 0.25) is 0 Å². The number of nitrogens with zero attached hydrogens (tertiary/aromatic N) is 4. The van der Waals surface area contributed by atoms with Gasteiger partial charge in [-0.25, -0.2) is 9.97 Å². The third-order valence-corrected chi connectivity index (χ3v) is 14.2. The summed E-state index contributed by atoms with van der Waals surface area (Å²) in [5, 5.41) is 16.9. The molecule has 5 heterocycles. The minimum Gasteiger partial charge on any atom is -0.254 e. The Balaban J connectivity index is 0.905. The molecule has 63 heavy (non-hydrogen) atoms. The summed E-state index contributed by atoms with van der Waals surface area (Å²) in [7, 11) is 0. The predicted molar refractivity (Wildman–Crippen MR) is 267 cm³/mol. The molecule has 0 saturated heterocycles. The summed E-state index contributed by atoms with van der Waals surface area (Å²) in [4.78, 5) is 19.8. The van der Waals surface area contributed by atoms with E-state index in [9.17, 15) is 0 Å². The number of benzene rings is 9. The summed E-state index contributed by atoms with van der Waals surface area (Å²) in [5.41, 5.74) is 10.2. The van der Waals surface area contributed by atoms with Gasteiger partial charge in [-0.3, -0.25) is 9.97 Å². The standard InChI is InChI=1S/C58H32N4S/c1-2-10-41-40(9-1)39(23-24-45(41)52-26-20-36-16-14-34-8-6-28-60-56(34)58(36)62-52)37-17-22-46-50-31-48-43-12-4-3-11-42(43)47-29-38(18-21-44(47)49(48)32-54(50)63-53(46)30-37)51-25-19-35-15-13-33-7-5-27-59-55(33)57(35)61-51/h1-32H. The van der Waals surface area contributed by atoms with Crippen molar-refractivity contribution in [3.8, 4) is 33.6 Å². The molecule has 5 aromatic heterocycles. The van der Waals surface area contributed by atoms with E-state index in [-0.39, 0.29) is 0 Å². The summed E-state index contributed by atoms with van der Waals surface area (Å²) >= 11 is 1.88. The largest absolute Gasteiger partial charge is 0.254 e. The van der Waals surface area contributed by atoms with Crippen molar-refractivity contribution in [3.63, 3.8) is 0 Å². The molecular formula is C58H32N4S. The minimum atomic E-state index is 0.928. The van der Waals surface area contributed by atoms with Gasteiger partial charge in [-0.05, 0) is 103 Å². The molecule has 0 radical (unpaired) electrons. The van der Waals surface area contributed by atoms with Crippen LogP contribution in [0.1, 0.15) is 0 Å². The van der Waals surface area contributed by atoms with Gasteiger partial charge in [-0.1, -0.05) is 133 Å². The Kier molecular flexibility index (Phi) is 7.24. The van der Waals surface area contributed by atoms with E-state index < -0.39 is 0 Å². The van der Waals surface area contributed by atoms with Gasteiger partial charge in [-0.2, -0.15) is 0 Å². The highest BCUT2D eigenvalue weighted by Crippen LogP contribution is 2.45. The fraction of sp³-hybridized carbons (Fsp3) is 0. The molecule has 290 valence electrons. The minimum absolute atomic E-state index is 0.928. The topological polar surface area (TPSA) is 51.6 Å². The highest BCUT2D eigenvalue weighted by Gasteiger charge is 2.17. The highest BCUT2D eigenvalue weighted by molar-refractivity contribution is 7.26. The lowest BCUT2D eigenvalue weighted by atomic mass is 9.91. The van der Waals surface area contributed by atoms with Gasteiger partial charge in [0, 0.05) is 65.2 Å². The molecule has 0 N–H and O–H groups in total. The van der Waals surface area contributed by atoms with E-state index in [1.807, 2.05) is 35.9 Å². The number of hydrogen-bond acceptors (Lipinski definition) is 5. The Labute approximate surface area is 364 Å². The Bertz CT molecular complexity index is 4280. The maximum absolute atomic E-state index is 5.22. The van der Waals surface area contributed by atoms with E-state index in [1.165, 1.54) is 74.4 Å². The van der Waals surface area contributed by atoms with Crippen LogP contribution in [-0.4, -0.2) is 19.9 Å². The van der Waals surface area contributed by atoms with Gasteiger partial charge < -0.3 is 0 Å². The third-order valence-electron chi connectivity index (χ3n) is 13.1. The molecule has 14 aromatic rings. The van der Waals surface area contributed by atoms with Gasteiger partial charge in [-0.15, -0.1) is 11.3 Å². The molecule has 0 aliphatic carbocycles. The molecule has 14 rings (SSSR count). The van der Waals surface area contributed by atoms with Crippen molar-refractivity contribution < 1.29 is 0 Å². The molecule has 0 aliphatic rings. The molecule has 0 unspecified atom stereocenters. The van der Waals surface area contributed by atoms with E-state index in [0.717, 1.165) is 66.1 Å². The number of hydrogen-bond donors (Lipinski definition) is 0. The fourth-order valence-electron chi connectivity index (χ4n) is 10.1. The van der Waals surface area contributed by atoms with Crippen molar-refractivity contribution in [2.45, 2.75) is 0 Å². The van der Waals surface area contributed by atoms with Crippen LogP contribution < -0.4 is 0 Å². The van der Waals surface area contributed by atoms with Crippen molar-refractivity contribution in [2.75, 3.05) is 0 Å². The van der Waals surface area contributed by atoms with Crippen molar-refractivity contribution in [1.29, 1.82) is 0 Å². The summed E-state index contributed by atoms with van der Waals surface area (Å²) in [6.07, 6.45) is 3.70. The van der Waals surface area contributed by atoms with E-state index >= 15 is 0 Å². The third kappa shape index (κ3) is 5.21. The first-order valence-electron chi connectivity index (χ1n) is 21.3. The Morgan fingerprint density at radius 1 is 0.286 bits per heavy atom. The van der Waals surface area contributed by atoms with Gasteiger partial charge in [0.2, 0.25) is 0 Å². The van der Waals surface area contributed by atoms with Crippen LogP contribution in [0.25, 0.3) is 141 Å². The smallest absolute Gasteiger partial charge is 0.0972 e. The second-order valence-corrected chi connectivity index (χ2v) is 17.6. The molecule has 0 amide bonds. The van der Waals surface area contributed by atoms with Gasteiger partial charge >= 0.3 is 0 Å². The second kappa shape index (κ2) is 13.2. The number of fused-ring (bicyclic) bond motifs is 16. The molecule has 0 bridgehead atoms. The maximum Gasteiger partial charge on any atom is 0.0972 e. The van der Waals surface area contributed by atoms with Crippen LogP contribution in [0.15, 0.2) is 194 Å². The second-order valence-electron chi connectivity index (χ2n) is 16.5. The zero-order valence-electron chi connectivity index (χ0n) is 33.7. The van der Waals surface area contributed by atoms with Crippen LogP contribution in [-0.2, 0) is 0 Å². The Morgan fingerprint density at radius 2 is 0.794 bits per heavy atom. The van der Waals surface area contributed by atoms with Crippen LogP contribution in [0.4, 0.5) is 0 Å². The number of aromatic nitrogens is 4. The lowest BCUT2D eigenvalue weighted by Gasteiger charge is -2.13. The SMILES string of the molecule is c1cnc2c(c1)ccc1ccc(-c3ccc4c(c3)c3ccccc3c3cc5c(cc43)sc3cc(-c4ccc(-c6ccc7ccc8cccnc8c7n6)c6ccccc46)ccc35)nc12. The summed E-state index contributed by atoms with van der Waals surface area (Å²) in [6.45, 7) is 0. The summed E-state index contributed by atoms with van der Waals surface area (Å²) < 4.78 is 2.57. The van der Waals surface area contributed by atoms with Gasteiger partial charge in [0.05, 0.1) is 33.5 Å². The first kappa shape index (κ1) is 34.6. The average Bonchev–Trinajstić information content (AvgIpc) is 3.71. The molecule has 4 nitrogen and oxygen atoms in total. The molecule has 5 heteroatoms. The number of rotatable bonds is 3. The molecule has 0 atom stereocenters. The van der Waals surface area contributed by atoms with Crippen molar-refractivity contribution >= 4 is 118 Å². The fourth-order valence-corrected chi connectivity index (χ4v) is 11.2. The zero-order valence-corrected chi connectivity index (χ0v) is 34.5. The summed E-state index contributed by atoms with van der Waals surface area (Å²) in [5.74, 6) is 0. The molecule has 9 aromatic carbocycles. The molecule has 0 fully saturated rings. The molecular weight excluding hydrogens is 785 g/mol. The number of thiophene rings is 1. The van der Waals surface area contributed by atoms with E-state index in [4.69, 9.17) is 19.9 Å². The Morgan fingerprint density at radius 3 is 1.51 bits per heavy atom. The van der Waals surface area contributed by atoms with Crippen molar-refractivity contribution in [1.82, 2.24) is 19.9 Å². The van der Waals surface area contributed by atoms with Crippen molar-refractivity contribution in [3.05, 3.63) is 194 Å². The quantitative estimate of drug-likeness (QED) is 0.167. The maximum atomic E-state index is 5.22. The summed E-state index contributed by atoms with van der Waals surface area (Å²) in [6, 6.07) is 66.1. The van der Waals surface area contributed by atoms with Crippen LogP contribution >= 0.6 is 11.3 Å². The van der Waals surface area contributed by atoms with Gasteiger partial charge in [0.1, 0.15) is 0 Å². The normalized spacial score (nSPS) is 12.1. The Hall–Kier alpha value is -8.12. The number of pyridine rings is 4.